The van der Waals surface area contributed by atoms with Crippen LogP contribution in [0.15, 0.2) is 65.4 Å². The molecule has 1 aromatic heterocycles. The molecule has 2 N–H and O–H groups in total. The topological polar surface area (TPSA) is 108 Å². The van der Waals surface area contributed by atoms with Crippen LogP contribution in [0, 0.1) is 18.7 Å². The average Bonchev–Trinajstić information content (AvgIpc) is 3.64. The summed E-state index contributed by atoms with van der Waals surface area (Å²) in [6.45, 7) is 21.1. The van der Waals surface area contributed by atoms with Gasteiger partial charge in [0, 0.05) is 66.9 Å². The highest BCUT2D eigenvalue weighted by atomic mass is 35.5. The summed E-state index contributed by atoms with van der Waals surface area (Å²) in [5, 5.41) is 12.1. The molecular formula is C49H68ClFN6O4. The molecule has 0 spiro atoms. The monoisotopic (exact) mass is 858 g/mol. The van der Waals surface area contributed by atoms with Crippen LogP contribution in [-0.2, 0) is 16.0 Å². The number of rotatable bonds is 14. The Morgan fingerprint density at radius 2 is 1.87 bits per heavy atom. The average molecular weight is 860 g/mol. The van der Waals surface area contributed by atoms with Gasteiger partial charge in [-0.15, -0.1) is 0 Å². The number of benzene rings is 2. The summed E-state index contributed by atoms with van der Waals surface area (Å²) >= 11 is 6.94. The van der Waals surface area contributed by atoms with E-state index < -0.39 is 5.82 Å². The molecule has 6 rings (SSSR count). The van der Waals surface area contributed by atoms with Crippen LogP contribution in [0.4, 0.5) is 14.9 Å². The van der Waals surface area contributed by atoms with Gasteiger partial charge in [-0.25, -0.2) is 14.2 Å². The van der Waals surface area contributed by atoms with Crippen LogP contribution in [0.25, 0.3) is 22.4 Å². The molecule has 332 valence electrons. The lowest BCUT2D eigenvalue weighted by Gasteiger charge is -2.42. The number of pyridine rings is 1. The van der Waals surface area contributed by atoms with E-state index in [0.717, 1.165) is 50.1 Å². The van der Waals surface area contributed by atoms with Gasteiger partial charge in [0.25, 0.3) is 5.91 Å². The first-order chi connectivity index (χ1) is 29.2. The minimum Gasteiger partial charge on any atom is -0.481 e. The minimum atomic E-state index is -0.443. The molecule has 12 heteroatoms. The second-order valence-corrected chi connectivity index (χ2v) is 16.8. The number of carbonyl (C=O) groups excluding carboxylic acids is 2. The number of halogens is 2. The summed E-state index contributed by atoms with van der Waals surface area (Å²) in [6.07, 6.45) is 13.3. The van der Waals surface area contributed by atoms with E-state index in [0.29, 0.717) is 74.9 Å². The molecule has 3 amide bonds. The van der Waals surface area contributed by atoms with Crippen molar-refractivity contribution in [3.8, 4) is 28.3 Å². The predicted molar refractivity (Wildman–Crippen MR) is 249 cm³/mol. The van der Waals surface area contributed by atoms with Crippen molar-refractivity contribution < 1.29 is 23.5 Å². The lowest BCUT2D eigenvalue weighted by Crippen LogP contribution is -2.60. The molecule has 1 aliphatic carbocycles. The SMILES string of the molecule is C=C1C(C(=O)Nc2ccc(F)c(-c3cccc(-c4cc5c(c(OC)n4)C(C)CC5)c3Cl)c2C)=CC=NN1C.CCC(C)CCC1(CC)CCN(CCOC)C(=O)N1.CCCC. The first-order valence-electron chi connectivity index (χ1n) is 21.9. The highest BCUT2D eigenvalue weighted by molar-refractivity contribution is 6.36. The zero-order chi connectivity index (χ0) is 44.9. The van der Waals surface area contributed by atoms with Gasteiger partial charge in [-0.1, -0.05) is 97.2 Å². The highest BCUT2D eigenvalue weighted by Crippen LogP contribution is 2.44. The number of ether oxygens (including phenoxy) is 2. The molecule has 3 atom stereocenters. The Morgan fingerprint density at radius 1 is 1.15 bits per heavy atom. The molecule has 3 aromatic rings. The lowest BCUT2D eigenvalue weighted by atomic mass is 9.82. The molecule has 1 fully saturated rings. The number of nitrogens with one attached hydrogen (secondary N) is 2. The highest BCUT2D eigenvalue weighted by Gasteiger charge is 2.36. The largest absolute Gasteiger partial charge is 0.481 e. The van der Waals surface area contributed by atoms with Crippen molar-refractivity contribution in [1.29, 1.82) is 0 Å². The molecule has 0 bridgehead atoms. The van der Waals surface area contributed by atoms with Crippen molar-refractivity contribution in [2.24, 2.45) is 11.0 Å². The number of hydrogen-bond acceptors (Lipinski definition) is 7. The number of hydrogen-bond donors (Lipinski definition) is 2. The minimum absolute atomic E-state index is 0.0179. The lowest BCUT2D eigenvalue weighted by molar-refractivity contribution is -0.112. The summed E-state index contributed by atoms with van der Waals surface area (Å²) in [7, 11) is 5.00. The fourth-order valence-electron chi connectivity index (χ4n) is 7.73. The fraction of sp³-hybridized carbons (Fsp3) is 0.510. The van der Waals surface area contributed by atoms with Gasteiger partial charge in [0.15, 0.2) is 0 Å². The van der Waals surface area contributed by atoms with Gasteiger partial charge in [-0.2, -0.15) is 5.10 Å². The van der Waals surface area contributed by atoms with Crippen molar-refractivity contribution in [1.82, 2.24) is 20.2 Å². The Kier molecular flexibility index (Phi) is 18.4. The van der Waals surface area contributed by atoms with Crippen molar-refractivity contribution >= 4 is 35.4 Å². The number of allylic oxidation sites excluding steroid dienone is 1. The number of anilines is 1. The van der Waals surface area contributed by atoms with Crippen LogP contribution in [0.5, 0.6) is 5.88 Å². The number of amides is 3. The van der Waals surface area contributed by atoms with Gasteiger partial charge < -0.3 is 25.0 Å². The number of nitrogens with zero attached hydrogens (tertiary/aromatic N) is 4. The normalized spacial score (nSPS) is 18.6. The number of aromatic nitrogens is 1. The summed E-state index contributed by atoms with van der Waals surface area (Å²) in [4.78, 5) is 31.8. The van der Waals surface area contributed by atoms with E-state index in [9.17, 15) is 9.59 Å². The molecular weight excluding hydrogens is 791 g/mol. The van der Waals surface area contributed by atoms with Crippen LogP contribution in [0.2, 0.25) is 5.02 Å². The predicted octanol–water partition coefficient (Wildman–Crippen LogP) is 11.7. The smallest absolute Gasteiger partial charge is 0.317 e. The molecule has 2 aliphatic heterocycles. The second kappa shape index (κ2) is 22.9. The van der Waals surface area contributed by atoms with Crippen LogP contribution in [-0.4, -0.2) is 79.5 Å². The quantitative estimate of drug-likeness (QED) is 0.167. The molecule has 3 aliphatic rings. The molecule has 3 unspecified atom stereocenters. The van der Waals surface area contributed by atoms with E-state index in [-0.39, 0.29) is 17.5 Å². The summed E-state index contributed by atoms with van der Waals surface area (Å²) in [6, 6.07) is 10.5. The van der Waals surface area contributed by atoms with Gasteiger partial charge in [0.2, 0.25) is 5.88 Å². The van der Waals surface area contributed by atoms with E-state index in [1.807, 2.05) is 17.0 Å². The van der Waals surface area contributed by atoms with Crippen molar-refractivity contribution in [2.45, 2.75) is 118 Å². The number of urea groups is 1. The maximum atomic E-state index is 15.3. The van der Waals surface area contributed by atoms with Gasteiger partial charge in [0.05, 0.1) is 35.7 Å². The number of aryl methyl sites for hydroxylation is 1. The standard InChI is InChI=1S/C30H28ClFN4O2.C15H30N2O2.C4H10/c1-16-9-10-19-15-25(35-30(38-5)26(16)19)21-7-6-8-22(28(21)31)27-17(2)24(12-11-23(27)32)34-29(37)20-13-14-33-36(4)18(20)3;1-5-13(3)7-8-15(6-2)9-10-17(11-12-19-4)14(18)16-15;1-3-4-2/h6-8,11-16H,3,9-10H2,1-2,4-5H3,(H,34,37);13H,5-12H2,1-4H3,(H,16,18);3-4H2,1-2H3. The molecule has 3 heterocycles. The van der Waals surface area contributed by atoms with Crippen molar-refractivity contribution in [3.63, 3.8) is 0 Å². The van der Waals surface area contributed by atoms with E-state index >= 15 is 4.39 Å². The Hall–Kier alpha value is -4.74. The molecule has 10 nitrogen and oxygen atoms in total. The van der Waals surface area contributed by atoms with Gasteiger partial charge in [0.1, 0.15) is 5.82 Å². The molecule has 61 heavy (non-hydrogen) atoms. The van der Waals surface area contributed by atoms with E-state index in [1.54, 1.807) is 46.4 Å². The second-order valence-electron chi connectivity index (χ2n) is 16.4. The first kappa shape index (κ1) is 48.9. The maximum Gasteiger partial charge on any atom is 0.317 e. The van der Waals surface area contributed by atoms with Gasteiger partial charge in [-0.3, -0.25) is 9.80 Å². The Bertz CT molecular complexity index is 2070. The van der Waals surface area contributed by atoms with E-state index in [2.05, 4.69) is 69.9 Å². The zero-order valence-corrected chi connectivity index (χ0v) is 38.9. The third-order valence-electron chi connectivity index (χ3n) is 12.4. The molecule has 0 radical (unpaired) electrons. The number of methoxy groups -OCH3 is 2. The third-order valence-corrected chi connectivity index (χ3v) is 12.8. The van der Waals surface area contributed by atoms with E-state index in [1.165, 1.54) is 48.5 Å². The molecule has 0 saturated carbocycles. The van der Waals surface area contributed by atoms with Crippen LogP contribution >= 0.6 is 11.6 Å². The number of likely N-dealkylation sites (N-methyl/N-ethyl adjacent to an activating group) is 1. The third kappa shape index (κ3) is 12.0. The van der Waals surface area contributed by atoms with E-state index in [4.69, 9.17) is 26.1 Å². The van der Waals surface area contributed by atoms with Gasteiger partial charge in [-0.05, 0) is 92.7 Å². The summed E-state index contributed by atoms with van der Waals surface area (Å²) < 4.78 is 26.0. The summed E-state index contributed by atoms with van der Waals surface area (Å²) in [5.41, 5.74) is 6.40. The summed E-state index contributed by atoms with van der Waals surface area (Å²) in [5.74, 6) is 0.919. The van der Waals surface area contributed by atoms with Crippen molar-refractivity contribution in [3.05, 3.63) is 87.9 Å². The number of fused-ring (bicyclic) bond motifs is 1. The number of hydrazone groups is 1. The van der Waals surface area contributed by atoms with Crippen LogP contribution in [0.1, 0.15) is 116 Å². The Morgan fingerprint density at radius 3 is 2.51 bits per heavy atom. The number of unbranched alkanes of at least 4 members (excludes halogenated alkanes) is 1. The Balaban J connectivity index is 0.000000298. The first-order valence-corrected chi connectivity index (χ1v) is 22.3. The molecule has 2 aromatic carbocycles. The zero-order valence-electron chi connectivity index (χ0n) is 38.1. The maximum absolute atomic E-state index is 15.3. The van der Waals surface area contributed by atoms with Crippen LogP contribution < -0.4 is 15.4 Å². The van der Waals surface area contributed by atoms with Crippen LogP contribution in [0.3, 0.4) is 0 Å². The number of carbonyl (C=O) groups is 2. The molecule has 1 saturated heterocycles. The van der Waals surface area contributed by atoms with Gasteiger partial charge >= 0.3 is 6.03 Å². The fourth-order valence-corrected chi connectivity index (χ4v) is 8.05. The van der Waals surface area contributed by atoms with Crippen molar-refractivity contribution in [2.75, 3.05) is 46.3 Å². The Labute approximate surface area is 369 Å².